The highest BCUT2D eigenvalue weighted by Crippen LogP contribution is 1.95. The van der Waals surface area contributed by atoms with Gasteiger partial charge in [0.2, 0.25) is 0 Å². The predicted octanol–water partition coefficient (Wildman–Crippen LogP) is -0.532. The second kappa shape index (κ2) is 11.9. The number of rotatable bonds is 11. The monoisotopic (exact) mass is 220 g/mol. The van der Waals surface area contributed by atoms with E-state index >= 15 is 0 Å². The zero-order valence-electron chi connectivity index (χ0n) is 9.36. The molecule has 0 rings (SSSR count). The SMILES string of the molecule is NCCCOCCC(O)COCCCN. The van der Waals surface area contributed by atoms with Crippen LogP contribution in [0, 0.1) is 0 Å². The summed E-state index contributed by atoms with van der Waals surface area (Å²) in [6, 6.07) is 0. The van der Waals surface area contributed by atoms with E-state index < -0.39 is 6.10 Å². The van der Waals surface area contributed by atoms with Crippen molar-refractivity contribution < 1.29 is 14.6 Å². The van der Waals surface area contributed by atoms with Crippen LogP contribution in [0.25, 0.3) is 0 Å². The molecule has 1 atom stereocenters. The lowest BCUT2D eigenvalue weighted by molar-refractivity contribution is 0.0132. The van der Waals surface area contributed by atoms with Gasteiger partial charge in [0, 0.05) is 19.8 Å². The van der Waals surface area contributed by atoms with Crippen molar-refractivity contribution in [3.8, 4) is 0 Å². The fraction of sp³-hybridized carbons (Fsp3) is 1.00. The standard InChI is InChI=1S/C10H24N2O3/c11-4-1-6-14-8-3-10(13)9-15-7-2-5-12/h10,13H,1-9,11-12H2. The number of ether oxygens (including phenoxy) is 2. The van der Waals surface area contributed by atoms with E-state index in [2.05, 4.69) is 0 Å². The van der Waals surface area contributed by atoms with E-state index in [-0.39, 0.29) is 0 Å². The lowest BCUT2D eigenvalue weighted by Crippen LogP contribution is -2.19. The van der Waals surface area contributed by atoms with Gasteiger partial charge < -0.3 is 26.0 Å². The molecule has 0 radical (unpaired) electrons. The van der Waals surface area contributed by atoms with Crippen LogP contribution in [0.5, 0.6) is 0 Å². The van der Waals surface area contributed by atoms with Crippen molar-refractivity contribution in [1.29, 1.82) is 0 Å². The average molecular weight is 220 g/mol. The van der Waals surface area contributed by atoms with Crippen molar-refractivity contribution in [2.45, 2.75) is 25.4 Å². The minimum absolute atomic E-state index is 0.361. The van der Waals surface area contributed by atoms with E-state index in [1.165, 1.54) is 0 Å². The molecule has 5 heteroatoms. The number of nitrogens with two attached hydrogens (primary N) is 2. The van der Waals surface area contributed by atoms with Crippen molar-refractivity contribution in [3.63, 3.8) is 0 Å². The van der Waals surface area contributed by atoms with Gasteiger partial charge in [0.25, 0.3) is 0 Å². The molecule has 0 heterocycles. The molecule has 0 bridgehead atoms. The minimum atomic E-state index is -0.444. The van der Waals surface area contributed by atoms with E-state index in [0.717, 1.165) is 12.8 Å². The third-order valence-electron chi connectivity index (χ3n) is 1.89. The van der Waals surface area contributed by atoms with Crippen LogP contribution >= 0.6 is 0 Å². The van der Waals surface area contributed by atoms with Gasteiger partial charge in [-0.05, 0) is 32.4 Å². The van der Waals surface area contributed by atoms with Crippen LogP contribution in [0.15, 0.2) is 0 Å². The number of aliphatic hydroxyl groups excluding tert-OH is 1. The zero-order chi connectivity index (χ0) is 11.4. The molecule has 0 fully saturated rings. The van der Waals surface area contributed by atoms with Crippen LogP contribution in [-0.2, 0) is 9.47 Å². The van der Waals surface area contributed by atoms with E-state index in [9.17, 15) is 5.11 Å². The lowest BCUT2D eigenvalue weighted by atomic mass is 10.3. The Morgan fingerprint density at radius 1 is 0.933 bits per heavy atom. The molecule has 0 saturated heterocycles. The van der Waals surface area contributed by atoms with Gasteiger partial charge in [-0.15, -0.1) is 0 Å². The Labute approximate surface area is 91.7 Å². The Kier molecular flexibility index (Phi) is 11.7. The summed E-state index contributed by atoms with van der Waals surface area (Å²) in [5, 5.41) is 9.44. The molecule has 0 amide bonds. The van der Waals surface area contributed by atoms with Gasteiger partial charge in [-0.1, -0.05) is 0 Å². The Hall–Kier alpha value is -0.200. The lowest BCUT2D eigenvalue weighted by Gasteiger charge is -2.11. The first-order valence-corrected chi connectivity index (χ1v) is 5.55. The maximum Gasteiger partial charge on any atom is 0.0795 e. The van der Waals surface area contributed by atoms with Crippen LogP contribution in [0.4, 0.5) is 0 Å². The fourth-order valence-corrected chi connectivity index (χ4v) is 0.995. The molecular formula is C10H24N2O3. The van der Waals surface area contributed by atoms with Crippen LogP contribution in [-0.4, -0.2) is 50.7 Å². The first-order chi connectivity index (χ1) is 7.31. The molecule has 0 aromatic rings. The third kappa shape index (κ3) is 11.7. The molecule has 1 unspecified atom stereocenters. The molecule has 0 aliphatic rings. The highest BCUT2D eigenvalue weighted by molar-refractivity contribution is 4.53. The van der Waals surface area contributed by atoms with Gasteiger partial charge in [-0.25, -0.2) is 0 Å². The summed E-state index contributed by atoms with van der Waals surface area (Å²) in [7, 11) is 0. The molecule has 5 N–H and O–H groups in total. The third-order valence-corrected chi connectivity index (χ3v) is 1.89. The summed E-state index contributed by atoms with van der Waals surface area (Å²) in [5.74, 6) is 0. The molecule has 0 spiro atoms. The second-order valence-electron chi connectivity index (χ2n) is 3.41. The fourth-order valence-electron chi connectivity index (χ4n) is 0.995. The van der Waals surface area contributed by atoms with Gasteiger partial charge >= 0.3 is 0 Å². The van der Waals surface area contributed by atoms with Crippen molar-refractivity contribution in [2.24, 2.45) is 11.5 Å². The number of hydrogen-bond acceptors (Lipinski definition) is 5. The molecule has 0 aliphatic heterocycles. The quantitative estimate of drug-likeness (QED) is 0.407. The van der Waals surface area contributed by atoms with Gasteiger partial charge in [0.15, 0.2) is 0 Å². The van der Waals surface area contributed by atoms with Crippen molar-refractivity contribution in [3.05, 3.63) is 0 Å². The van der Waals surface area contributed by atoms with Crippen LogP contribution in [0.1, 0.15) is 19.3 Å². The molecular weight excluding hydrogens is 196 g/mol. The molecule has 5 nitrogen and oxygen atoms in total. The van der Waals surface area contributed by atoms with Crippen LogP contribution in [0.2, 0.25) is 0 Å². The first kappa shape index (κ1) is 14.8. The molecule has 15 heavy (non-hydrogen) atoms. The van der Waals surface area contributed by atoms with E-state index in [1.807, 2.05) is 0 Å². The molecule has 92 valence electrons. The highest BCUT2D eigenvalue weighted by atomic mass is 16.5. The summed E-state index contributed by atoms with van der Waals surface area (Å²) in [5.41, 5.74) is 10.6. The smallest absolute Gasteiger partial charge is 0.0795 e. The maximum absolute atomic E-state index is 9.44. The normalized spacial score (nSPS) is 13.0. The van der Waals surface area contributed by atoms with Gasteiger partial charge in [0.1, 0.15) is 0 Å². The summed E-state index contributed by atoms with van der Waals surface area (Å²) in [4.78, 5) is 0. The summed E-state index contributed by atoms with van der Waals surface area (Å²) in [6.45, 7) is 3.46. The summed E-state index contributed by atoms with van der Waals surface area (Å²) in [6.07, 6.45) is 1.86. The van der Waals surface area contributed by atoms with E-state index in [0.29, 0.717) is 45.9 Å². The second-order valence-corrected chi connectivity index (χ2v) is 3.41. The van der Waals surface area contributed by atoms with E-state index in [1.54, 1.807) is 0 Å². The maximum atomic E-state index is 9.44. The average Bonchev–Trinajstić information content (AvgIpc) is 2.24. The zero-order valence-corrected chi connectivity index (χ0v) is 9.36. The molecule has 0 aromatic heterocycles. The Bertz CT molecular complexity index is 125. The van der Waals surface area contributed by atoms with Crippen molar-refractivity contribution in [2.75, 3.05) is 39.5 Å². The van der Waals surface area contributed by atoms with E-state index in [4.69, 9.17) is 20.9 Å². The van der Waals surface area contributed by atoms with Crippen LogP contribution in [0.3, 0.4) is 0 Å². The van der Waals surface area contributed by atoms with Gasteiger partial charge in [0.05, 0.1) is 12.7 Å². The van der Waals surface area contributed by atoms with Crippen LogP contribution < -0.4 is 11.5 Å². The molecule has 0 aromatic carbocycles. The van der Waals surface area contributed by atoms with Gasteiger partial charge in [-0.3, -0.25) is 0 Å². The Morgan fingerprint density at radius 2 is 1.53 bits per heavy atom. The largest absolute Gasteiger partial charge is 0.391 e. The summed E-state index contributed by atoms with van der Waals surface area (Å²) < 4.78 is 10.5. The van der Waals surface area contributed by atoms with Crippen molar-refractivity contribution in [1.82, 2.24) is 0 Å². The summed E-state index contributed by atoms with van der Waals surface area (Å²) >= 11 is 0. The van der Waals surface area contributed by atoms with Gasteiger partial charge in [-0.2, -0.15) is 0 Å². The minimum Gasteiger partial charge on any atom is -0.391 e. The highest BCUT2D eigenvalue weighted by Gasteiger charge is 2.03. The Morgan fingerprint density at radius 3 is 2.13 bits per heavy atom. The predicted molar refractivity (Wildman–Crippen MR) is 59.6 cm³/mol. The van der Waals surface area contributed by atoms with Crippen molar-refractivity contribution >= 4 is 0 Å². The number of hydrogen-bond donors (Lipinski definition) is 3. The molecule has 0 saturated carbocycles. The Balaban J connectivity index is 3.08. The number of aliphatic hydroxyl groups is 1. The first-order valence-electron chi connectivity index (χ1n) is 5.55. The topological polar surface area (TPSA) is 90.7 Å². The molecule has 0 aliphatic carbocycles.